The van der Waals surface area contributed by atoms with Gasteiger partial charge in [0.2, 0.25) is 0 Å². The molecule has 16 heavy (non-hydrogen) atoms. The Kier molecular flexibility index (Phi) is 3.52. The van der Waals surface area contributed by atoms with Gasteiger partial charge in [-0.2, -0.15) is 12.7 Å². The van der Waals surface area contributed by atoms with Crippen LogP contribution < -0.4 is 4.72 Å². The maximum atomic E-state index is 11.6. The molecule has 1 fully saturated rings. The molecule has 0 aliphatic carbocycles. The van der Waals surface area contributed by atoms with Crippen molar-refractivity contribution in [3.05, 3.63) is 30.1 Å². The summed E-state index contributed by atoms with van der Waals surface area (Å²) < 4.78 is 27.2. The third-order valence-electron chi connectivity index (χ3n) is 2.61. The van der Waals surface area contributed by atoms with Crippen LogP contribution in [0.5, 0.6) is 0 Å². The summed E-state index contributed by atoms with van der Waals surface area (Å²) in [6, 6.07) is 3.81. The molecule has 2 heterocycles. The molecule has 1 aromatic heterocycles. The van der Waals surface area contributed by atoms with Crippen LogP contribution in [-0.4, -0.2) is 37.3 Å². The Hall–Kier alpha value is -0.980. The lowest BCUT2D eigenvalue weighted by atomic mass is 10.2. The van der Waals surface area contributed by atoms with E-state index in [-0.39, 0.29) is 0 Å². The van der Waals surface area contributed by atoms with Gasteiger partial charge in [0.25, 0.3) is 10.2 Å². The van der Waals surface area contributed by atoms with E-state index in [1.807, 2.05) is 12.1 Å². The molecule has 0 amide bonds. The molecule has 2 rings (SSSR count). The first-order valence-electron chi connectivity index (χ1n) is 5.32. The first-order chi connectivity index (χ1) is 7.68. The minimum Gasteiger partial charge on any atom is -0.265 e. The highest BCUT2D eigenvalue weighted by molar-refractivity contribution is 7.87. The molecule has 1 aliphatic heterocycles. The first kappa shape index (κ1) is 11.5. The van der Waals surface area contributed by atoms with E-state index in [0.717, 1.165) is 18.4 Å². The summed E-state index contributed by atoms with van der Waals surface area (Å²) in [4.78, 5) is 3.92. The fraction of sp³-hybridized carbons (Fsp3) is 0.500. The van der Waals surface area contributed by atoms with Crippen LogP contribution in [0.1, 0.15) is 12.0 Å². The number of nitrogens with zero attached hydrogens (tertiary/aromatic N) is 2. The van der Waals surface area contributed by atoms with Crippen molar-refractivity contribution in [1.29, 1.82) is 0 Å². The van der Waals surface area contributed by atoms with Crippen molar-refractivity contribution < 1.29 is 8.42 Å². The number of hydrogen-bond donors (Lipinski definition) is 1. The zero-order valence-corrected chi connectivity index (χ0v) is 9.78. The average Bonchev–Trinajstić information content (AvgIpc) is 2.28. The van der Waals surface area contributed by atoms with E-state index in [9.17, 15) is 8.42 Å². The summed E-state index contributed by atoms with van der Waals surface area (Å²) in [5, 5.41) is 0. The van der Waals surface area contributed by atoms with Crippen LogP contribution in [-0.2, 0) is 16.6 Å². The van der Waals surface area contributed by atoms with Crippen LogP contribution in [0.3, 0.4) is 0 Å². The Balaban J connectivity index is 1.95. The molecular weight excluding hydrogens is 226 g/mol. The van der Waals surface area contributed by atoms with Gasteiger partial charge in [-0.25, -0.2) is 4.72 Å². The van der Waals surface area contributed by atoms with Crippen molar-refractivity contribution in [2.45, 2.75) is 12.8 Å². The predicted molar refractivity (Wildman–Crippen MR) is 61.1 cm³/mol. The predicted octanol–water partition coefficient (Wildman–Crippen LogP) is 0.164. The van der Waals surface area contributed by atoms with E-state index < -0.39 is 10.2 Å². The fourth-order valence-electron chi connectivity index (χ4n) is 1.70. The van der Waals surface area contributed by atoms with Gasteiger partial charge in [-0.1, -0.05) is 0 Å². The van der Waals surface area contributed by atoms with Gasteiger partial charge < -0.3 is 0 Å². The van der Waals surface area contributed by atoms with Gasteiger partial charge in [0, 0.05) is 32.0 Å². The molecule has 1 aromatic rings. The largest absolute Gasteiger partial charge is 0.279 e. The normalized spacial score (nSPS) is 20.8. The van der Waals surface area contributed by atoms with E-state index in [1.165, 1.54) is 4.31 Å². The molecule has 0 spiro atoms. The summed E-state index contributed by atoms with van der Waals surface area (Å²) in [7, 11) is -3.23. The molecule has 0 bridgehead atoms. The van der Waals surface area contributed by atoms with Gasteiger partial charge in [0.1, 0.15) is 0 Å². The number of rotatable bonds is 3. The summed E-state index contributed by atoms with van der Waals surface area (Å²) >= 11 is 0. The van der Waals surface area contributed by atoms with E-state index >= 15 is 0 Å². The Labute approximate surface area is 95.7 Å². The van der Waals surface area contributed by atoms with Crippen molar-refractivity contribution in [3.63, 3.8) is 0 Å². The highest BCUT2D eigenvalue weighted by Gasteiger charge is 2.24. The Morgan fingerprint density at radius 3 is 2.81 bits per heavy atom. The number of nitrogens with one attached hydrogen (secondary N) is 1. The second kappa shape index (κ2) is 4.90. The lowest BCUT2D eigenvalue weighted by Gasteiger charge is -2.26. The number of hydrogen-bond acceptors (Lipinski definition) is 3. The second-order valence-corrected chi connectivity index (χ2v) is 5.51. The van der Waals surface area contributed by atoms with E-state index in [0.29, 0.717) is 19.6 Å². The van der Waals surface area contributed by atoms with Crippen molar-refractivity contribution in [1.82, 2.24) is 14.0 Å². The van der Waals surface area contributed by atoms with Gasteiger partial charge >= 0.3 is 0 Å². The molecule has 0 radical (unpaired) electrons. The molecule has 1 N–H and O–H groups in total. The van der Waals surface area contributed by atoms with Crippen LogP contribution in [0.4, 0.5) is 0 Å². The first-order valence-corrected chi connectivity index (χ1v) is 6.76. The molecular formula is C10H15N3O2S. The van der Waals surface area contributed by atoms with Crippen molar-refractivity contribution in [3.8, 4) is 0 Å². The Bertz CT molecular complexity index is 433. The average molecular weight is 241 g/mol. The van der Waals surface area contributed by atoms with E-state index in [1.54, 1.807) is 12.4 Å². The van der Waals surface area contributed by atoms with Gasteiger partial charge in [-0.3, -0.25) is 4.98 Å². The quantitative estimate of drug-likeness (QED) is 0.820. The molecule has 0 unspecified atom stereocenters. The van der Waals surface area contributed by atoms with Gasteiger partial charge in [-0.05, 0) is 30.5 Å². The Morgan fingerprint density at radius 1 is 1.38 bits per heavy atom. The Morgan fingerprint density at radius 2 is 2.12 bits per heavy atom. The van der Waals surface area contributed by atoms with Crippen LogP contribution in [0.25, 0.3) is 0 Å². The fourth-order valence-corrected chi connectivity index (χ4v) is 2.99. The van der Waals surface area contributed by atoms with E-state index in [4.69, 9.17) is 0 Å². The van der Waals surface area contributed by atoms with Gasteiger partial charge in [0.15, 0.2) is 0 Å². The highest BCUT2D eigenvalue weighted by Crippen LogP contribution is 2.07. The molecule has 0 aromatic carbocycles. The molecule has 0 atom stereocenters. The van der Waals surface area contributed by atoms with E-state index in [2.05, 4.69) is 9.71 Å². The summed E-state index contributed by atoms with van der Waals surface area (Å²) in [5.74, 6) is 0. The van der Waals surface area contributed by atoms with Gasteiger partial charge in [0.05, 0.1) is 0 Å². The third-order valence-corrected chi connectivity index (χ3v) is 4.22. The number of pyridine rings is 1. The number of aromatic nitrogens is 1. The monoisotopic (exact) mass is 241 g/mol. The second-order valence-electron chi connectivity index (χ2n) is 3.76. The molecule has 1 aliphatic rings. The summed E-state index contributed by atoms with van der Waals surface area (Å²) in [6.07, 6.45) is 5.04. The molecule has 5 nitrogen and oxygen atoms in total. The smallest absolute Gasteiger partial charge is 0.265 e. The van der Waals surface area contributed by atoms with Crippen LogP contribution >= 0.6 is 0 Å². The maximum Gasteiger partial charge on any atom is 0.279 e. The SMILES string of the molecule is O=S1(=O)NCCCN1CCc1ccncc1. The van der Waals surface area contributed by atoms with Crippen molar-refractivity contribution in [2.24, 2.45) is 0 Å². The third kappa shape index (κ3) is 2.78. The molecule has 88 valence electrons. The van der Waals surface area contributed by atoms with Gasteiger partial charge in [-0.15, -0.1) is 0 Å². The lowest BCUT2D eigenvalue weighted by molar-refractivity contribution is 0.377. The maximum absolute atomic E-state index is 11.6. The molecule has 1 saturated heterocycles. The van der Waals surface area contributed by atoms with Crippen LogP contribution in [0.2, 0.25) is 0 Å². The lowest BCUT2D eigenvalue weighted by Crippen LogP contribution is -2.47. The topological polar surface area (TPSA) is 62.3 Å². The standard InChI is InChI=1S/C10H15N3O2S/c14-16(15)12-5-1-8-13(16)9-4-10-2-6-11-7-3-10/h2-3,6-7,12H,1,4-5,8-9H2. The van der Waals surface area contributed by atoms with Crippen LogP contribution in [0, 0.1) is 0 Å². The highest BCUT2D eigenvalue weighted by atomic mass is 32.2. The zero-order valence-electron chi connectivity index (χ0n) is 8.96. The summed E-state index contributed by atoms with van der Waals surface area (Å²) in [5.41, 5.74) is 1.11. The molecule has 6 heteroatoms. The molecule has 0 saturated carbocycles. The van der Waals surface area contributed by atoms with Crippen LogP contribution in [0.15, 0.2) is 24.5 Å². The summed E-state index contributed by atoms with van der Waals surface area (Å²) in [6.45, 7) is 1.69. The minimum atomic E-state index is -3.23. The minimum absolute atomic E-state index is 0.527. The van der Waals surface area contributed by atoms with Crippen molar-refractivity contribution >= 4 is 10.2 Å². The van der Waals surface area contributed by atoms with Crippen molar-refractivity contribution in [2.75, 3.05) is 19.6 Å². The zero-order chi connectivity index (χ0) is 11.4.